The third kappa shape index (κ3) is 29.6. The highest BCUT2D eigenvalue weighted by Gasteiger charge is 2.03. The normalized spacial score (nSPS) is 9.21. The third-order valence-electron chi connectivity index (χ3n) is 13.9. The molecule has 0 aliphatic rings. The van der Waals surface area contributed by atoms with Crippen molar-refractivity contribution in [2.45, 2.75) is 173 Å². The van der Waals surface area contributed by atoms with E-state index in [0.29, 0.717) is 0 Å². The number of hydrogen-bond donors (Lipinski definition) is 0. The fourth-order valence-electron chi connectivity index (χ4n) is 9.51. The zero-order valence-electron chi connectivity index (χ0n) is 66.5. The van der Waals surface area contributed by atoms with E-state index in [1.165, 1.54) is 65.5 Å². The van der Waals surface area contributed by atoms with Crippen molar-refractivity contribution >= 4 is 97.6 Å². The van der Waals surface area contributed by atoms with Crippen molar-refractivity contribution < 1.29 is 0 Å². The molecule has 0 unspecified atom stereocenters. The molecule has 16 rings (SSSR count). The van der Waals surface area contributed by atoms with Crippen molar-refractivity contribution in [1.82, 2.24) is 61.0 Å². The van der Waals surface area contributed by atoms with Crippen LogP contribution in [0.25, 0.3) is 97.6 Å². The van der Waals surface area contributed by atoms with Gasteiger partial charge in [0.15, 0.2) is 0 Å². The number of aryl methyl sites for hydroxylation is 7. The molecule has 0 saturated heterocycles. The molecule has 0 radical (unpaired) electrons. The van der Waals surface area contributed by atoms with Crippen molar-refractivity contribution in [3.05, 3.63) is 289 Å². The Balaban J connectivity index is 0.000000581. The summed E-state index contributed by atoms with van der Waals surface area (Å²) in [4.78, 5) is 8.92. The topological polar surface area (TPSA) is 155 Å². The standard InChI is InChI=1S/2C14H11N.5C9H8N2.9C2H6/c1-10-6-7-14-13(8-10)12-5-3-2-4-11(12)9-15-14;1-10-6-7-13-12-5-3-2-4-11(12)9-15-14(13)8-10;1-7-2-3-8-5-10-11-6-9(8)4-7;1-7-2-3-9-8(6-7)4-5-10-11-9;1-7-2-3-8-4-5-10-11-9(8)6-7;1-7-9-5-3-2-4-8(9)6-10-11-7;1-7-6-8-4-2-3-5-9(8)11-10-7;9*1-2/h2*2-9H,1H3;5*2-6H,1H3;9*1-2H3. The summed E-state index contributed by atoms with van der Waals surface area (Å²) < 4.78 is 0. The first-order valence-electron chi connectivity index (χ1n) is 36.9. The maximum atomic E-state index is 4.47. The van der Waals surface area contributed by atoms with Crippen LogP contribution in [0.1, 0.15) is 164 Å². The lowest BCUT2D eigenvalue weighted by Gasteiger charge is -2.03. The Morgan fingerprint density at radius 1 is 0.194 bits per heavy atom. The van der Waals surface area contributed by atoms with Gasteiger partial charge in [0.2, 0.25) is 0 Å². The van der Waals surface area contributed by atoms with E-state index in [1.54, 1.807) is 31.0 Å². The second-order valence-electron chi connectivity index (χ2n) is 20.6. The van der Waals surface area contributed by atoms with Gasteiger partial charge < -0.3 is 0 Å². The number of benzene rings is 9. The molecule has 16 aromatic rings. The molecule has 0 saturated carbocycles. The molecule has 0 fully saturated rings. The van der Waals surface area contributed by atoms with Gasteiger partial charge in [-0.25, -0.2) is 0 Å². The molecular formula is C91H116N12. The van der Waals surface area contributed by atoms with Crippen LogP contribution in [0.4, 0.5) is 0 Å². The van der Waals surface area contributed by atoms with Crippen LogP contribution in [0.2, 0.25) is 0 Å². The van der Waals surface area contributed by atoms with Crippen LogP contribution in [0.15, 0.2) is 250 Å². The van der Waals surface area contributed by atoms with Gasteiger partial charge in [0.25, 0.3) is 0 Å². The molecule has 12 heteroatoms. The second kappa shape index (κ2) is 53.9. The van der Waals surface area contributed by atoms with Gasteiger partial charge in [-0.1, -0.05) is 281 Å². The lowest BCUT2D eigenvalue weighted by Crippen LogP contribution is -1.86. The highest BCUT2D eigenvalue weighted by molar-refractivity contribution is 6.06. The maximum Gasteiger partial charge on any atom is 0.0932 e. The summed E-state index contributed by atoms with van der Waals surface area (Å²) >= 11 is 0. The van der Waals surface area contributed by atoms with Crippen LogP contribution >= 0.6 is 0 Å². The minimum absolute atomic E-state index is 0.957. The lowest BCUT2D eigenvalue weighted by molar-refractivity contribution is 1.00. The van der Waals surface area contributed by atoms with Gasteiger partial charge in [0.1, 0.15) is 0 Å². The fourth-order valence-corrected chi connectivity index (χ4v) is 9.51. The molecular weight excluding hydrogens is 1260 g/mol. The SMILES string of the molecule is CC.CC.CC.CC.CC.CC.CC.CC.CC.Cc1cc2ccccc2nn1.Cc1ccc2c(c1)ncc1ccccc12.Cc1ccc2ccnnc2c1.Cc1ccc2cnncc2c1.Cc1ccc2ncc3ccccc3c2c1.Cc1ccc2nnccc2c1.Cc1nncc2ccccc12. The van der Waals surface area contributed by atoms with Crippen LogP contribution < -0.4 is 0 Å². The quantitative estimate of drug-likeness (QED) is 0.133. The Morgan fingerprint density at radius 2 is 0.583 bits per heavy atom. The van der Waals surface area contributed by atoms with Gasteiger partial charge in [-0.2, -0.15) is 51.0 Å². The van der Waals surface area contributed by atoms with E-state index in [0.717, 1.165) is 71.3 Å². The smallest absolute Gasteiger partial charge is 0.0932 e. The van der Waals surface area contributed by atoms with Crippen molar-refractivity contribution in [1.29, 1.82) is 0 Å². The molecule has 540 valence electrons. The lowest BCUT2D eigenvalue weighted by atomic mass is 10.1. The highest BCUT2D eigenvalue weighted by atomic mass is 15.1. The average molecular weight is 1380 g/mol. The molecule has 7 aromatic heterocycles. The molecule has 0 aliphatic carbocycles. The van der Waals surface area contributed by atoms with Gasteiger partial charge in [-0.05, 0) is 137 Å². The number of hydrogen-bond acceptors (Lipinski definition) is 12. The van der Waals surface area contributed by atoms with Gasteiger partial charge in [-0.3, -0.25) is 9.97 Å². The molecule has 7 heterocycles. The summed E-state index contributed by atoms with van der Waals surface area (Å²) in [6.45, 7) is 50.3. The molecule has 9 aromatic carbocycles. The summed E-state index contributed by atoms with van der Waals surface area (Å²) in [5, 5.41) is 54.5. The predicted octanol–water partition coefficient (Wildman–Crippen LogP) is 26.3. The largest absolute Gasteiger partial charge is 0.256 e. The van der Waals surface area contributed by atoms with E-state index in [-0.39, 0.29) is 0 Å². The molecule has 0 aliphatic heterocycles. The van der Waals surface area contributed by atoms with E-state index in [2.05, 4.69) is 204 Å². The third-order valence-corrected chi connectivity index (χ3v) is 13.9. The van der Waals surface area contributed by atoms with Crippen molar-refractivity contribution in [2.75, 3.05) is 0 Å². The predicted molar refractivity (Wildman–Crippen MR) is 451 cm³/mol. The van der Waals surface area contributed by atoms with Gasteiger partial charge in [0.05, 0.1) is 70.0 Å². The van der Waals surface area contributed by atoms with Gasteiger partial charge >= 0.3 is 0 Å². The molecule has 0 spiro atoms. The Hall–Kier alpha value is -11.0. The van der Waals surface area contributed by atoms with E-state index in [4.69, 9.17) is 0 Å². The molecule has 0 atom stereocenters. The van der Waals surface area contributed by atoms with Crippen molar-refractivity contribution in [2.24, 2.45) is 0 Å². The van der Waals surface area contributed by atoms with Crippen molar-refractivity contribution in [3.63, 3.8) is 0 Å². The zero-order valence-corrected chi connectivity index (χ0v) is 66.5. The summed E-state index contributed by atoms with van der Waals surface area (Å²) in [5.41, 5.74) is 13.2. The van der Waals surface area contributed by atoms with Crippen LogP contribution in [-0.2, 0) is 0 Å². The summed E-state index contributed by atoms with van der Waals surface area (Å²) in [7, 11) is 0. The van der Waals surface area contributed by atoms with Crippen LogP contribution in [0.5, 0.6) is 0 Å². The van der Waals surface area contributed by atoms with Crippen molar-refractivity contribution in [3.8, 4) is 0 Å². The molecule has 12 nitrogen and oxygen atoms in total. The van der Waals surface area contributed by atoms with Gasteiger partial charge in [-0.15, -0.1) is 0 Å². The first-order chi connectivity index (χ1) is 50.5. The number of rotatable bonds is 0. The van der Waals surface area contributed by atoms with E-state index >= 15 is 0 Å². The van der Waals surface area contributed by atoms with E-state index in [1.807, 2.05) is 249 Å². The number of fused-ring (bicyclic) bond motifs is 11. The van der Waals surface area contributed by atoms with Gasteiger partial charge in [0, 0.05) is 71.6 Å². The van der Waals surface area contributed by atoms with E-state index in [9.17, 15) is 0 Å². The van der Waals surface area contributed by atoms with Crippen LogP contribution in [-0.4, -0.2) is 61.0 Å². The molecule has 0 N–H and O–H groups in total. The zero-order chi connectivity index (χ0) is 76.9. The Kier molecular flexibility index (Phi) is 47.1. The number of aromatic nitrogens is 12. The summed E-state index contributed by atoms with van der Waals surface area (Å²) in [6, 6.07) is 70.1. The maximum absolute atomic E-state index is 4.47. The number of nitrogens with zero attached hydrogens (tertiary/aromatic N) is 12. The average Bonchev–Trinajstić information content (AvgIpc) is 0.797. The Labute approximate surface area is 617 Å². The Morgan fingerprint density at radius 3 is 1.17 bits per heavy atom. The highest BCUT2D eigenvalue weighted by Crippen LogP contribution is 2.26. The molecule has 103 heavy (non-hydrogen) atoms. The fraction of sp³-hybridized carbons (Fsp3) is 0.275. The summed E-state index contributed by atoms with van der Waals surface area (Å²) in [5.74, 6) is 0. The first-order valence-corrected chi connectivity index (χ1v) is 36.9. The Bertz CT molecular complexity index is 4600. The second-order valence-corrected chi connectivity index (χ2v) is 20.6. The molecule has 0 bridgehead atoms. The van der Waals surface area contributed by atoms with Crippen LogP contribution in [0.3, 0.4) is 0 Å². The minimum atomic E-state index is 0.957. The minimum Gasteiger partial charge on any atom is -0.256 e. The first kappa shape index (κ1) is 90.0. The molecule has 0 amide bonds. The summed E-state index contributed by atoms with van der Waals surface area (Å²) in [6.07, 6.45) is 12.6. The van der Waals surface area contributed by atoms with Crippen LogP contribution in [0, 0.1) is 48.5 Å². The van der Waals surface area contributed by atoms with E-state index < -0.39 is 0 Å². The number of pyridine rings is 2. The monoisotopic (exact) mass is 1380 g/mol.